The van der Waals surface area contributed by atoms with E-state index in [0.29, 0.717) is 23.9 Å². The van der Waals surface area contributed by atoms with E-state index in [1.54, 1.807) is 0 Å². The number of nitrogens with one attached hydrogen (secondary N) is 2. The van der Waals surface area contributed by atoms with Crippen molar-refractivity contribution in [1.82, 2.24) is 15.0 Å². The van der Waals surface area contributed by atoms with Crippen LogP contribution in [0.1, 0.15) is 47.0 Å². The van der Waals surface area contributed by atoms with Crippen LogP contribution in [0, 0.1) is 0 Å². The third kappa shape index (κ3) is 4.48. The molecule has 0 bridgehead atoms. The Morgan fingerprint density at radius 2 is 1.70 bits per heavy atom. The Kier molecular flexibility index (Phi) is 7.00. The van der Waals surface area contributed by atoms with Crippen molar-refractivity contribution in [3.8, 4) is 0 Å². The van der Waals surface area contributed by atoms with E-state index in [1.807, 2.05) is 0 Å². The zero-order valence-electron chi connectivity index (χ0n) is 13.0. The quantitative estimate of drug-likeness (QED) is 0.471. The molecule has 0 amide bonds. The molecule has 0 aliphatic carbocycles. The molecule has 20 heavy (non-hydrogen) atoms. The van der Waals surface area contributed by atoms with Gasteiger partial charge in [0.15, 0.2) is 0 Å². The Morgan fingerprint density at radius 3 is 2.20 bits per heavy atom. The molecule has 0 aliphatic rings. The van der Waals surface area contributed by atoms with Crippen molar-refractivity contribution in [3.63, 3.8) is 0 Å². The van der Waals surface area contributed by atoms with E-state index in [2.05, 4.69) is 58.3 Å². The normalized spacial score (nSPS) is 12.1. The predicted molar refractivity (Wildman–Crippen MR) is 83.8 cm³/mol. The summed E-state index contributed by atoms with van der Waals surface area (Å²) in [4.78, 5) is 15.1. The van der Waals surface area contributed by atoms with Gasteiger partial charge in [-0.3, -0.25) is 5.43 Å². The molecule has 0 spiro atoms. The van der Waals surface area contributed by atoms with Crippen LogP contribution in [0.2, 0.25) is 0 Å². The van der Waals surface area contributed by atoms with Gasteiger partial charge in [0.05, 0.1) is 0 Å². The van der Waals surface area contributed by atoms with Crippen LogP contribution in [-0.4, -0.2) is 34.1 Å². The average Bonchev–Trinajstić information content (AvgIpc) is 2.47. The Labute approximate surface area is 121 Å². The summed E-state index contributed by atoms with van der Waals surface area (Å²) < 4.78 is 0. The zero-order valence-corrected chi connectivity index (χ0v) is 13.0. The van der Waals surface area contributed by atoms with E-state index >= 15 is 0 Å². The molecule has 0 saturated carbocycles. The van der Waals surface area contributed by atoms with Gasteiger partial charge in [0, 0.05) is 19.1 Å². The number of hydrazine groups is 1. The lowest BCUT2D eigenvalue weighted by Gasteiger charge is -2.21. The third-order valence-corrected chi connectivity index (χ3v) is 3.26. The van der Waals surface area contributed by atoms with Crippen LogP contribution in [0.25, 0.3) is 0 Å². The molecular weight excluding hydrogens is 254 g/mol. The second-order valence-corrected chi connectivity index (χ2v) is 4.64. The minimum absolute atomic E-state index is 0.373. The fourth-order valence-corrected chi connectivity index (χ4v) is 2.05. The Balaban J connectivity index is 2.97. The van der Waals surface area contributed by atoms with Gasteiger partial charge >= 0.3 is 0 Å². The first-order valence-electron chi connectivity index (χ1n) is 7.42. The van der Waals surface area contributed by atoms with Crippen LogP contribution in [-0.2, 0) is 0 Å². The molecule has 1 aromatic heterocycles. The van der Waals surface area contributed by atoms with E-state index in [9.17, 15) is 0 Å². The van der Waals surface area contributed by atoms with Crippen molar-refractivity contribution >= 4 is 17.8 Å². The second kappa shape index (κ2) is 8.52. The maximum absolute atomic E-state index is 5.44. The molecule has 0 aliphatic heterocycles. The predicted octanol–water partition coefficient (Wildman–Crippen LogP) is 1.99. The average molecular weight is 281 g/mol. The number of aromatic nitrogens is 3. The maximum atomic E-state index is 5.44. The van der Waals surface area contributed by atoms with Crippen molar-refractivity contribution in [3.05, 3.63) is 0 Å². The lowest BCUT2D eigenvalue weighted by molar-refractivity contribution is 0.617. The monoisotopic (exact) mass is 281 g/mol. The summed E-state index contributed by atoms with van der Waals surface area (Å²) in [5.41, 5.74) is 2.51. The number of anilines is 3. The minimum atomic E-state index is 0.373. The topological polar surface area (TPSA) is 92.0 Å². The minimum Gasteiger partial charge on any atom is -0.351 e. The van der Waals surface area contributed by atoms with Gasteiger partial charge in [-0.25, -0.2) is 5.84 Å². The smallest absolute Gasteiger partial charge is 0.243 e. The summed E-state index contributed by atoms with van der Waals surface area (Å²) in [7, 11) is 0. The molecule has 1 heterocycles. The number of nitrogens with two attached hydrogens (primary N) is 1. The van der Waals surface area contributed by atoms with Gasteiger partial charge in [-0.05, 0) is 26.7 Å². The lowest BCUT2D eigenvalue weighted by Crippen LogP contribution is -2.27. The summed E-state index contributed by atoms with van der Waals surface area (Å²) in [6, 6.07) is 0.373. The second-order valence-electron chi connectivity index (χ2n) is 4.64. The molecule has 0 saturated heterocycles. The summed E-state index contributed by atoms with van der Waals surface area (Å²) in [5.74, 6) is 7.05. The summed E-state index contributed by atoms with van der Waals surface area (Å²) >= 11 is 0. The van der Waals surface area contributed by atoms with E-state index in [-0.39, 0.29) is 0 Å². The highest BCUT2D eigenvalue weighted by molar-refractivity contribution is 5.43. The van der Waals surface area contributed by atoms with Crippen molar-refractivity contribution in [2.24, 2.45) is 5.84 Å². The number of hydrogen-bond donors (Lipinski definition) is 3. The van der Waals surface area contributed by atoms with Gasteiger partial charge in [0.25, 0.3) is 0 Å². The SMILES string of the molecule is CCCC(CC)Nc1nc(NN)nc(N(CC)CC)n1. The van der Waals surface area contributed by atoms with Crippen molar-refractivity contribution < 1.29 is 0 Å². The van der Waals surface area contributed by atoms with Crippen LogP contribution in [0.15, 0.2) is 0 Å². The Hall–Kier alpha value is -1.63. The molecule has 0 fully saturated rings. The van der Waals surface area contributed by atoms with Gasteiger partial charge in [-0.15, -0.1) is 0 Å². The first-order valence-corrected chi connectivity index (χ1v) is 7.42. The van der Waals surface area contributed by atoms with E-state index in [1.165, 1.54) is 0 Å². The molecule has 4 N–H and O–H groups in total. The third-order valence-electron chi connectivity index (χ3n) is 3.26. The molecule has 7 heteroatoms. The molecule has 0 radical (unpaired) electrons. The van der Waals surface area contributed by atoms with Gasteiger partial charge in [0.1, 0.15) is 0 Å². The fourth-order valence-electron chi connectivity index (χ4n) is 2.05. The lowest BCUT2D eigenvalue weighted by atomic mass is 10.1. The summed E-state index contributed by atoms with van der Waals surface area (Å²) in [5, 5.41) is 3.36. The molecule has 1 unspecified atom stereocenters. The number of hydrogen-bond acceptors (Lipinski definition) is 7. The first-order chi connectivity index (χ1) is 9.68. The molecular formula is C13H27N7. The van der Waals surface area contributed by atoms with E-state index in [4.69, 9.17) is 5.84 Å². The first kappa shape index (κ1) is 16.4. The Bertz CT molecular complexity index is 392. The summed E-state index contributed by atoms with van der Waals surface area (Å²) in [6.07, 6.45) is 3.25. The van der Waals surface area contributed by atoms with Gasteiger partial charge in [-0.2, -0.15) is 15.0 Å². The fraction of sp³-hybridized carbons (Fsp3) is 0.769. The highest BCUT2D eigenvalue weighted by Gasteiger charge is 2.13. The van der Waals surface area contributed by atoms with Crippen molar-refractivity contribution in [2.75, 3.05) is 28.7 Å². The van der Waals surface area contributed by atoms with Gasteiger partial charge in [-0.1, -0.05) is 20.3 Å². The van der Waals surface area contributed by atoms with E-state index in [0.717, 1.165) is 32.4 Å². The summed E-state index contributed by atoms with van der Waals surface area (Å²) in [6.45, 7) is 10.2. The molecule has 1 atom stereocenters. The van der Waals surface area contributed by atoms with Crippen molar-refractivity contribution in [2.45, 2.75) is 53.0 Å². The molecule has 0 aromatic carbocycles. The highest BCUT2D eigenvalue weighted by Crippen LogP contribution is 2.15. The molecule has 1 aromatic rings. The van der Waals surface area contributed by atoms with Crippen LogP contribution in [0.3, 0.4) is 0 Å². The maximum Gasteiger partial charge on any atom is 0.243 e. The number of nitrogens with zero attached hydrogens (tertiary/aromatic N) is 4. The Morgan fingerprint density at radius 1 is 1.05 bits per heavy atom. The van der Waals surface area contributed by atoms with Crippen LogP contribution in [0.5, 0.6) is 0 Å². The van der Waals surface area contributed by atoms with E-state index < -0.39 is 0 Å². The molecule has 1 rings (SSSR count). The molecule has 114 valence electrons. The number of rotatable bonds is 9. The zero-order chi connectivity index (χ0) is 15.0. The van der Waals surface area contributed by atoms with Gasteiger partial charge in [0.2, 0.25) is 17.8 Å². The van der Waals surface area contributed by atoms with Crippen LogP contribution >= 0.6 is 0 Å². The number of nitrogen functional groups attached to an aromatic ring is 1. The van der Waals surface area contributed by atoms with Gasteiger partial charge < -0.3 is 10.2 Å². The van der Waals surface area contributed by atoms with Crippen molar-refractivity contribution in [1.29, 1.82) is 0 Å². The highest BCUT2D eigenvalue weighted by atomic mass is 15.4. The standard InChI is InChI=1S/C13H27N7/c1-5-9-10(6-2)15-11-16-12(19-14)18-13(17-11)20(7-3)8-4/h10H,5-9,14H2,1-4H3,(H2,15,16,17,18,19). The van der Waals surface area contributed by atoms with Crippen LogP contribution < -0.4 is 21.5 Å². The largest absolute Gasteiger partial charge is 0.351 e. The molecule has 7 nitrogen and oxygen atoms in total. The van der Waals surface area contributed by atoms with Crippen LogP contribution in [0.4, 0.5) is 17.8 Å².